The van der Waals surface area contributed by atoms with E-state index in [9.17, 15) is 9.59 Å². The number of amides is 2. The zero-order valence-electron chi connectivity index (χ0n) is 13.7. The van der Waals surface area contributed by atoms with Gasteiger partial charge in [-0.2, -0.15) is 0 Å². The van der Waals surface area contributed by atoms with E-state index in [1.54, 1.807) is 29.2 Å². The molecular weight excluding hydrogens is 314 g/mol. The molecule has 1 aromatic rings. The van der Waals surface area contributed by atoms with Crippen molar-refractivity contribution in [3.8, 4) is 0 Å². The van der Waals surface area contributed by atoms with Crippen molar-refractivity contribution in [2.24, 2.45) is 11.7 Å². The molecule has 2 amide bonds. The molecule has 1 aromatic carbocycles. The predicted molar refractivity (Wildman–Crippen MR) is 91.4 cm³/mol. The van der Waals surface area contributed by atoms with Crippen molar-refractivity contribution < 1.29 is 9.59 Å². The second kappa shape index (κ2) is 7.79. The average Bonchev–Trinajstić information content (AvgIpc) is 2.78. The van der Waals surface area contributed by atoms with Crippen LogP contribution in [0.4, 0.5) is 0 Å². The summed E-state index contributed by atoms with van der Waals surface area (Å²) < 4.78 is 0. The van der Waals surface area contributed by atoms with Gasteiger partial charge in [0, 0.05) is 42.8 Å². The van der Waals surface area contributed by atoms with Crippen LogP contribution in [0, 0.1) is 5.92 Å². The molecule has 0 spiro atoms. The van der Waals surface area contributed by atoms with Crippen LogP contribution in [-0.2, 0) is 4.79 Å². The van der Waals surface area contributed by atoms with Crippen molar-refractivity contribution in [2.75, 3.05) is 26.2 Å². The van der Waals surface area contributed by atoms with Crippen molar-refractivity contribution in [2.45, 2.75) is 26.3 Å². The van der Waals surface area contributed by atoms with E-state index in [0.717, 1.165) is 6.42 Å². The third-order valence-corrected chi connectivity index (χ3v) is 4.58. The fraction of sp³-hybridized carbons (Fsp3) is 0.529. The largest absolute Gasteiger partial charge is 0.341 e. The second-order valence-corrected chi connectivity index (χ2v) is 6.57. The Morgan fingerprint density at radius 2 is 1.78 bits per heavy atom. The van der Waals surface area contributed by atoms with Crippen LogP contribution in [0.1, 0.15) is 30.6 Å². The van der Waals surface area contributed by atoms with Crippen LogP contribution in [0.3, 0.4) is 0 Å². The van der Waals surface area contributed by atoms with Crippen LogP contribution < -0.4 is 5.73 Å². The standard InChI is InChI=1S/C17H24ClN3O2/c1-12(13(2)19)16(22)20-7-4-8-21(10-9-20)17(23)14-5-3-6-15(18)11-14/h3,5-6,11-13H,4,7-10,19H2,1-2H3. The maximum Gasteiger partial charge on any atom is 0.253 e. The number of carbonyl (C=O) groups is 2. The molecule has 23 heavy (non-hydrogen) atoms. The van der Waals surface area contributed by atoms with Gasteiger partial charge in [-0.1, -0.05) is 24.6 Å². The Labute approximate surface area is 142 Å². The number of nitrogens with two attached hydrogens (primary N) is 1. The van der Waals surface area contributed by atoms with Crippen LogP contribution >= 0.6 is 11.6 Å². The quantitative estimate of drug-likeness (QED) is 0.917. The number of hydrogen-bond acceptors (Lipinski definition) is 3. The van der Waals surface area contributed by atoms with E-state index in [1.807, 2.05) is 18.7 Å². The highest BCUT2D eigenvalue weighted by molar-refractivity contribution is 6.30. The van der Waals surface area contributed by atoms with Gasteiger partial charge in [0.1, 0.15) is 0 Å². The summed E-state index contributed by atoms with van der Waals surface area (Å²) in [5.74, 6) is -0.177. The molecule has 1 aliphatic rings. The highest BCUT2D eigenvalue weighted by Gasteiger charge is 2.27. The molecule has 5 nitrogen and oxygen atoms in total. The summed E-state index contributed by atoms with van der Waals surface area (Å²) >= 11 is 5.95. The van der Waals surface area contributed by atoms with Crippen LogP contribution in [0.15, 0.2) is 24.3 Å². The van der Waals surface area contributed by atoms with E-state index in [2.05, 4.69) is 0 Å². The Balaban J connectivity index is 2.01. The first-order chi connectivity index (χ1) is 10.9. The maximum absolute atomic E-state index is 12.6. The van der Waals surface area contributed by atoms with Gasteiger partial charge < -0.3 is 15.5 Å². The smallest absolute Gasteiger partial charge is 0.253 e. The molecule has 0 saturated carbocycles. The molecule has 2 rings (SSSR count). The molecule has 0 aliphatic carbocycles. The summed E-state index contributed by atoms with van der Waals surface area (Å²) in [6.45, 7) is 6.07. The summed E-state index contributed by atoms with van der Waals surface area (Å²) in [5, 5.41) is 0.549. The first-order valence-electron chi connectivity index (χ1n) is 7.99. The second-order valence-electron chi connectivity index (χ2n) is 6.13. The highest BCUT2D eigenvalue weighted by Crippen LogP contribution is 2.15. The number of halogens is 1. The monoisotopic (exact) mass is 337 g/mol. The number of hydrogen-bond donors (Lipinski definition) is 1. The SMILES string of the molecule is CC(N)C(C)C(=O)N1CCCN(C(=O)c2cccc(Cl)c2)CC1. The summed E-state index contributed by atoms with van der Waals surface area (Å²) in [6.07, 6.45) is 0.768. The fourth-order valence-electron chi connectivity index (χ4n) is 2.66. The topological polar surface area (TPSA) is 66.6 Å². The fourth-order valence-corrected chi connectivity index (χ4v) is 2.85. The van der Waals surface area contributed by atoms with Gasteiger partial charge in [-0.25, -0.2) is 0 Å². The van der Waals surface area contributed by atoms with Gasteiger partial charge in [0.15, 0.2) is 0 Å². The van der Waals surface area contributed by atoms with Crippen molar-refractivity contribution in [1.82, 2.24) is 9.80 Å². The van der Waals surface area contributed by atoms with Crippen LogP contribution in [0.5, 0.6) is 0 Å². The molecule has 6 heteroatoms. The highest BCUT2D eigenvalue weighted by atomic mass is 35.5. The van der Waals surface area contributed by atoms with E-state index in [0.29, 0.717) is 36.8 Å². The summed E-state index contributed by atoms with van der Waals surface area (Å²) in [6, 6.07) is 6.79. The lowest BCUT2D eigenvalue weighted by atomic mass is 10.0. The normalized spacial score (nSPS) is 18.3. The Morgan fingerprint density at radius 1 is 1.13 bits per heavy atom. The van der Waals surface area contributed by atoms with Gasteiger partial charge in [-0.05, 0) is 31.5 Å². The Morgan fingerprint density at radius 3 is 2.43 bits per heavy atom. The van der Waals surface area contributed by atoms with Gasteiger partial charge in [-0.3, -0.25) is 9.59 Å². The molecule has 2 N–H and O–H groups in total. The van der Waals surface area contributed by atoms with Gasteiger partial charge in [0.05, 0.1) is 5.92 Å². The number of nitrogens with zero attached hydrogens (tertiary/aromatic N) is 2. The molecule has 126 valence electrons. The first-order valence-corrected chi connectivity index (χ1v) is 8.37. The van der Waals surface area contributed by atoms with Crippen LogP contribution in [0.25, 0.3) is 0 Å². The minimum Gasteiger partial charge on any atom is -0.341 e. The van der Waals surface area contributed by atoms with Gasteiger partial charge in [-0.15, -0.1) is 0 Å². The van der Waals surface area contributed by atoms with Crippen molar-refractivity contribution in [3.05, 3.63) is 34.9 Å². The first kappa shape index (κ1) is 17.8. The van der Waals surface area contributed by atoms with Crippen molar-refractivity contribution >= 4 is 23.4 Å². The van der Waals surface area contributed by atoms with E-state index in [1.165, 1.54) is 0 Å². The number of carbonyl (C=O) groups excluding carboxylic acids is 2. The zero-order chi connectivity index (χ0) is 17.0. The van der Waals surface area contributed by atoms with E-state index < -0.39 is 0 Å². The lowest BCUT2D eigenvalue weighted by Gasteiger charge is -2.26. The van der Waals surface area contributed by atoms with Gasteiger partial charge in [0.2, 0.25) is 5.91 Å². The van der Waals surface area contributed by atoms with E-state index in [4.69, 9.17) is 17.3 Å². The maximum atomic E-state index is 12.6. The third kappa shape index (κ3) is 4.45. The predicted octanol–water partition coefficient (Wildman–Crippen LogP) is 2.00. The lowest BCUT2D eigenvalue weighted by Crippen LogP contribution is -2.43. The lowest BCUT2D eigenvalue weighted by molar-refractivity contribution is -0.135. The van der Waals surface area contributed by atoms with Gasteiger partial charge >= 0.3 is 0 Å². The van der Waals surface area contributed by atoms with E-state index >= 15 is 0 Å². The Kier molecular flexibility index (Phi) is 6.02. The molecule has 2 unspecified atom stereocenters. The van der Waals surface area contributed by atoms with Crippen molar-refractivity contribution in [3.63, 3.8) is 0 Å². The molecule has 0 aromatic heterocycles. The van der Waals surface area contributed by atoms with Crippen LogP contribution in [0.2, 0.25) is 5.02 Å². The molecular formula is C17H24ClN3O2. The molecule has 1 saturated heterocycles. The minimum atomic E-state index is -0.204. The number of rotatable bonds is 3. The van der Waals surface area contributed by atoms with Gasteiger partial charge in [0.25, 0.3) is 5.91 Å². The molecule has 1 fully saturated rings. The summed E-state index contributed by atoms with van der Waals surface area (Å²) in [4.78, 5) is 28.6. The zero-order valence-corrected chi connectivity index (χ0v) is 14.4. The molecule has 0 radical (unpaired) electrons. The molecule has 2 atom stereocenters. The Hall–Kier alpha value is -1.59. The molecule has 1 heterocycles. The summed E-state index contributed by atoms with van der Waals surface area (Å²) in [5.41, 5.74) is 6.41. The van der Waals surface area contributed by atoms with E-state index in [-0.39, 0.29) is 23.8 Å². The average molecular weight is 338 g/mol. The molecule has 0 bridgehead atoms. The number of benzene rings is 1. The van der Waals surface area contributed by atoms with Crippen LogP contribution in [-0.4, -0.2) is 53.8 Å². The Bertz CT molecular complexity index is 577. The molecule has 1 aliphatic heterocycles. The third-order valence-electron chi connectivity index (χ3n) is 4.34. The van der Waals surface area contributed by atoms with Crippen molar-refractivity contribution in [1.29, 1.82) is 0 Å². The summed E-state index contributed by atoms with van der Waals surface area (Å²) in [7, 11) is 0. The minimum absolute atomic E-state index is 0.0398.